The van der Waals surface area contributed by atoms with E-state index >= 15 is 0 Å². The first-order chi connectivity index (χ1) is 13.4. The third kappa shape index (κ3) is 4.92. The summed E-state index contributed by atoms with van der Waals surface area (Å²) >= 11 is 0. The number of hydrogen-bond donors (Lipinski definition) is 2. The molecule has 0 bridgehead atoms. The summed E-state index contributed by atoms with van der Waals surface area (Å²) in [7, 11) is 0. The van der Waals surface area contributed by atoms with E-state index in [1.807, 2.05) is 0 Å². The van der Waals surface area contributed by atoms with E-state index in [1.165, 1.54) is 12.1 Å². The average molecular weight is 416 g/mol. The molecule has 2 rings (SSSR count). The van der Waals surface area contributed by atoms with Crippen LogP contribution in [0.2, 0.25) is 0 Å². The minimum atomic E-state index is -5.05. The number of aliphatic hydroxyl groups excluding tert-OH is 1. The fourth-order valence-electron chi connectivity index (χ4n) is 2.38. The van der Waals surface area contributed by atoms with Gasteiger partial charge in [0.1, 0.15) is 0 Å². The van der Waals surface area contributed by atoms with Gasteiger partial charge in [-0.3, -0.25) is 30.3 Å². The molecule has 0 aliphatic carbocycles. The van der Waals surface area contributed by atoms with Gasteiger partial charge in [-0.1, -0.05) is 0 Å². The molecular formula is C15H11F3N4O7. The summed E-state index contributed by atoms with van der Waals surface area (Å²) in [5.74, 6) is 0. The summed E-state index contributed by atoms with van der Waals surface area (Å²) in [6, 6.07) is 4.85. The molecule has 154 valence electrons. The van der Waals surface area contributed by atoms with Gasteiger partial charge in [0.15, 0.2) is 5.69 Å². The van der Waals surface area contributed by atoms with Gasteiger partial charge in [-0.05, 0) is 17.7 Å². The largest absolute Gasteiger partial charge is 0.416 e. The lowest BCUT2D eigenvalue weighted by Gasteiger charge is -2.14. The first kappa shape index (κ1) is 21.5. The molecule has 0 saturated carbocycles. The highest BCUT2D eigenvalue weighted by atomic mass is 19.4. The number of benzene rings is 2. The number of aliphatic hydroxyl groups is 1. The van der Waals surface area contributed by atoms with Crippen LogP contribution in [-0.4, -0.2) is 26.4 Å². The van der Waals surface area contributed by atoms with Crippen LogP contribution in [0, 0.1) is 30.3 Å². The summed E-state index contributed by atoms with van der Waals surface area (Å²) in [6.07, 6.45) is -6.47. The lowest BCUT2D eigenvalue weighted by Crippen LogP contribution is -2.15. The highest BCUT2D eigenvalue weighted by Crippen LogP contribution is 2.41. The van der Waals surface area contributed by atoms with Gasteiger partial charge in [-0.2, -0.15) is 13.2 Å². The minimum absolute atomic E-state index is 0.139. The monoisotopic (exact) mass is 416 g/mol. The second-order valence-corrected chi connectivity index (χ2v) is 5.65. The fourth-order valence-corrected chi connectivity index (χ4v) is 2.38. The SMILES string of the molecule is O=[N+]([O-])c1ccc([C@@H](O)CNc2c([N+](=O)[O-])cc(C(F)(F)F)cc2[N+](=O)[O-])cc1. The number of non-ortho nitro benzene ring substituents is 1. The highest BCUT2D eigenvalue weighted by molar-refractivity contribution is 5.75. The summed E-state index contributed by atoms with van der Waals surface area (Å²) in [5.41, 5.74) is -4.89. The smallest absolute Gasteiger partial charge is 0.387 e. The van der Waals surface area contributed by atoms with Gasteiger partial charge in [0.05, 0.1) is 26.4 Å². The third-order valence-corrected chi connectivity index (χ3v) is 3.78. The predicted octanol–water partition coefficient (Wildman–Crippen LogP) is 3.58. The van der Waals surface area contributed by atoms with Crippen LogP contribution in [0.4, 0.5) is 35.9 Å². The molecular weight excluding hydrogens is 405 g/mol. The molecule has 14 heteroatoms. The van der Waals surface area contributed by atoms with Crippen molar-refractivity contribution in [1.82, 2.24) is 0 Å². The average Bonchev–Trinajstić information content (AvgIpc) is 2.64. The van der Waals surface area contributed by atoms with E-state index in [1.54, 1.807) is 0 Å². The lowest BCUT2D eigenvalue weighted by atomic mass is 10.1. The maximum absolute atomic E-state index is 12.9. The normalized spacial score (nSPS) is 12.3. The van der Waals surface area contributed by atoms with Crippen molar-refractivity contribution in [3.8, 4) is 0 Å². The highest BCUT2D eigenvalue weighted by Gasteiger charge is 2.37. The maximum atomic E-state index is 12.9. The molecule has 0 aliphatic rings. The number of nitrogens with one attached hydrogen (secondary N) is 1. The number of nitro groups is 3. The molecule has 2 N–H and O–H groups in total. The first-order valence-electron chi connectivity index (χ1n) is 7.62. The Morgan fingerprint density at radius 2 is 1.41 bits per heavy atom. The van der Waals surface area contributed by atoms with Crippen molar-refractivity contribution >= 4 is 22.7 Å². The molecule has 11 nitrogen and oxygen atoms in total. The molecule has 29 heavy (non-hydrogen) atoms. The van der Waals surface area contributed by atoms with E-state index in [0.29, 0.717) is 0 Å². The van der Waals surface area contributed by atoms with Gasteiger partial charge < -0.3 is 10.4 Å². The van der Waals surface area contributed by atoms with E-state index in [-0.39, 0.29) is 23.4 Å². The number of nitro benzene ring substituents is 3. The van der Waals surface area contributed by atoms with Crippen LogP contribution in [0.1, 0.15) is 17.2 Å². The standard InChI is InChI=1S/C15H11F3N4O7/c16-15(17,18)9-5-11(21(26)27)14(12(6-9)22(28)29)19-7-13(23)8-1-3-10(4-2-8)20(24)25/h1-6,13,19,23H,7H2/t13-/m0/s1. The quantitative estimate of drug-likeness (QED) is 0.511. The van der Waals surface area contributed by atoms with Crippen LogP contribution in [0.5, 0.6) is 0 Å². The Balaban J connectivity index is 2.36. The van der Waals surface area contributed by atoms with Crippen molar-refractivity contribution in [2.45, 2.75) is 12.3 Å². The first-order valence-corrected chi connectivity index (χ1v) is 7.62. The van der Waals surface area contributed by atoms with Gasteiger partial charge >= 0.3 is 6.18 Å². The van der Waals surface area contributed by atoms with Crippen LogP contribution in [0.15, 0.2) is 36.4 Å². The number of rotatable bonds is 7. The number of alkyl halides is 3. The van der Waals surface area contributed by atoms with Crippen molar-refractivity contribution in [3.05, 3.63) is 77.9 Å². The summed E-state index contributed by atoms with van der Waals surface area (Å²) in [5, 5.41) is 45.2. The van der Waals surface area contributed by atoms with E-state index in [2.05, 4.69) is 5.32 Å². The van der Waals surface area contributed by atoms with E-state index < -0.39 is 56.2 Å². The van der Waals surface area contributed by atoms with Crippen molar-refractivity contribution in [2.75, 3.05) is 11.9 Å². The second kappa shape index (κ2) is 8.05. The summed E-state index contributed by atoms with van der Waals surface area (Å²) in [4.78, 5) is 29.8. The Morgan fingerprint density at radius 1 is 0.931 bits per heavy atom. The Labute approximate surface area is 158 Å². The zero-order valence-electron chi connectivity index (χ0n) is 14.1. The molecule has 0 heterocycles. The molecule has 2 aromatic rings. The Bertz CT molecular complexity index is 928. The van der Waals surface area contributed by atoms with Crippen LogP contribution in [0.25, 0.3) is 0 Å². The predicted molar refractivity (Wildman–Crippen MR) is 91.3 cm³/mol. The Kier molecular flexibility index (Phi) is 5.97. The fraction of sp³-hybridized carbons (Fsp3) is 0.200. The number of anilines is 1. The number of nitrogens with zero attached hydrogens (tertiary/aromatic N) is 3. The molecule has 0 amide bonds. The molecule has 0 unspecified atom stereocenters. The Morgan fingerprint density at radius 3 is 1.79 bits per heavy atom. The summed E-state index contributed by atoms with van der Waals surface area (Å²) < 4.78 is 38.6. The third-order valence-electron chi connectivity index (χ3n) is 3.78. The van der Waals surface area contributed by atoms with Crippen LogP contribution in [-0.2, 0) is 6.18 Å². The number of hydrogen-bond acceptors (Lipinski definition) is 8. The van der Waals surface area contributed by atoms with Crippen molar-refractivity contribution < 1.29 is 33.0 Å². The zero-order chi connectivity index (χ0) is 21.9. The molecule has 2 aromatic carbocycles. The molecule has 0 fully saturated rings. The Hall–Kier alpha value is -3.81. The van der Waals surface area contributed by atoms with Crippen molar-refractivity contribution in [3.63, 3.8) is 0 Å². The second-order valence-electron chi connectivity index (χ2n) is 5.65. The zero-order valence-corrected chi connectivity index (χ0v) is 14.1. The molecule has 0 aliphatic heterocycles. The van der Waals surface area contributed by atoms with Gasteiger partial charge in [-0.15, -0.1) is 0 Å². The van der Waals surface area contributed by atoms with Crippen LogP contribution >= 0.6 is 0 Å². The van der Waals surface area contributed by atoms with Crippen LogP contribution < -0.4 is 5.32 Å². The molecule has 0 radical (unpaired) electrons. The molecule has 0 aromatic heterocycles. The molecule has 0 spiro atoms. The van der Waals surface area contributed by atoms with E-state index in [4.69, 9.17) is 0 Å². The van der Waals surface area contributed by atoms with Crippen molar-refractivity contribution in [1.29, 1.82) is 0 Å². The topological polar surface area (TPSA) is 162 Å². The van der Waals surface area contributed by atoms with E-state index in [9.17, 15) is 48.6 Å². The van der Waals surface area contributed by atoms with Gasteiger partial charge in [0, 0.05) is 30.8 Å². The van der Waals surface area contributed by atoms with Crippen molar-refractivity contribution in [2.24, 2.45) is 0 Å². The van der Waals surface area contributed by atoms with Crippen LogP contribution in [0.3, 0.4) is 0 Å². The lowest BCUT2D eigenvalue weighted by molar-refractivity contribution is -0.392. The molecule has 0 saturated heterocycles. The summed E-state index contributed by atoms with van der Waals surface area (Å²) in [6.45, 7) is -0.551. The van der Waals surface area contributed by atoms with Gasteiger partial charge in [-0.25, -0.2) is 0 Å². The maximum Gasteiger partial charge on any atom is 0.416 e. The van der Waals surface area contributed by atoms with Gasteiger partial charge in [0.25, 0.3) is 17.1 Å². The number of halogens is 3. The van der Waals surface area contributed by atoms with E-state index in [0.717, 1.165) is 12.1 Å². The minimum Gasteiger partial charge on any atom is -0.387 e. The van der Waals surface area contributed by atoms with Gasteiger partial charge in [0.2, 0.25) is 0 Å². The molecule has 1 atom stereocenters.